The number of anilines is 1. The van der Waals surface area contributed by atoms with E-state index >= 15 is 0 Å². The molecule has 1 N–H and O–H groups in total. The third kappa shape index (κ3) is 6.25. The molecule has 2 rings (SSSR count). The number of carbonyl (C=O) groups excluding carboxylic acids is 2. The van der Waals surface area contributed by atoms with Crippen molar-refractivity contribution < 1.29 is 14.0 Å². The molecule has 2 amide bonds. The number of aromatic nitrogens is 1. The number of hydrogen-bond donors (Lipinski definition) is 1. The number of amides is 2. The van der Waals surface area contributed by atoms with E-state index in [-0.39, 0.29) is 24.0 Å². The number of nitrogens with zero attached hydrogens (tertiary/aromatic N) is 2. The van der Waals surface area contributed by atoms with Gasteiger partial charge in [0.15, 0.2) is 15.6 Å². The number of nitrogens with one attached hydrogen (secondary N) is 1. The van der Waals surface area contributed by atoms with Gasteiger partial charge in [-0.15, -0.1) is 11.3 Å². The van der Waals surface area contributed by atoms with E-state index in [0.29, 0.717) is 27.3 Å². The molecule has 0 bridgehead atoms. The summed E-state index contributed by atoms with van der Waals surface area (Å²) in [6, 6.07) is 3.23. The van der Waals surface area contributed by atoms with Crippen molar-refractivity contribution in [2.45, 2.75) is 34.1 Å². The Morgan fingerprint density at radius 1 is 1.23 bits per heavy atom. The highest BCUT2D eigenvalue weighted by molar-refractivity contribution is 9.10. The molecule has 2 aromatic heterocycles. The van der Waals surface area contributed by atoms with Crippen molar-refractivity contribution in [2.24, 2.45) is 11.8 Å². The summed E-state index contributed by atoms with van der Waals surface area (Å²) in [5.74, 6) is 0.714. The molecule has 0 radical (unpaired) electrons. The first kappa shape index (κ1) is 20.6. The van der Waals surface area contributed by atoms with Crippen LogP contribution < -0.4 is 5.32 Å². The van der Waals surface area contributed by atoms with E-state index in [1.54, 1.807) is 17.5 Å². The van der Waals surface area contributed by atoms with Crippen LogP contribution in [0, 0.1) is 11.8 Å². The molecule has 0 atom stereocenters. The minimum atomic E-state index is -0.371. The number of rotatable bonds is 8. The fourth-order valence-corrected chi connectivity index (χ4v) is 3.48. The maximum atomic E-state index is 12.6. The normalized spacial score (nSPS) is 11.2. The van der Waals surface area contributed by atoms with Gasteiger partial charge in [0.25, 0.3) is 5.91 Å². The van der Waals surface area contributed by atoms with Crippen molar-refractivity contribution in [2.75, 3.05) is 18.4 Å². The quantitative estimate of drug-likeness (QED) is 0.656. The third-order valence-corrected chi connectivity index (χ3v) is 4.66. The van der Waals surface area contributed by atoms with Crippen molar-refractivity contribution >= 4 is 44.2 Å². The molecule has 0 aliphatic carbocycles. The van der Waals surface area contributed by atoms with Crippen molar-refractivity contribution in [3.8, 4) is 0 Å². The predicted molar refractivity (Wildman–Crippen MR) is 106 cm³/mol. The molecule has 2 aromatic rings. The molecule has 2 heterocycles. The molecule has 0 saturated carbocycles. The average Bonchev–Trinajstić information content (AvgIpc) is 3.14. The molecule has 0 spiro atoms. The van der Waals surface area contributed by atoms with Crippen LogP contribution in [0.15, 0.2) is 26.6 Å². The van der Waals surface area contributed by atoms with Gasteiger partial charge in [-0.05, 0) is 39.9 Å². The molecule has 0 aliphatic heterocycles. The average molecular weight is 442 g/mol. The predicted octanol–water partition coefficient (Wildman–Crippen LogP) is 4.43. The van der Waals surface area contributed by atoms with Crippen LogP contribution in [0.2, 0.25) is 0 Å². The summed E-state index contributed by atoms with van der Waals surface area (Å²) in [5, 5.41) is 4.94. The van der Waals surface area contributed by atoms with Crippen molar-refractivity contribution in [1.29, 1.82) is 0 Å². The van der Waals surface area contributed by atoms with Gasteiger partial charge in [0.2, 0.25) is 5.91 Å². The van der Waals surface area contributed by atoms with Gasteiger partial charge in [-0.3, -0.25) is 14.9 Å². The first-order valence-electron chi connectivity index (χ1n) is 8.53. The summed E-state index contributed by atoms with van der Waals surface area (Å²) >= 11 is 4.46. The Morgan fingerprint density at radius 3 is 2.42 bits per heavy atom. The van der Waals surface area contributed by atoms with Gasteiger partial charge in [-0.2, -0.15) is 0 Å². The van der Waals surface area contributed by atoms with Gasteiger partial charge >= 0.3 is 0 Å². The number of carbonyl (C=O) groups is 2. The van der Waals surface area contributed by atoms with Crippen LogP contribution in [-0.2, 0) is 11.2 Å². The largest absolute Gasteiger partial charge is 0.444 e. The highest BCUT2D eigenvalue weighted by Gasteiger charge is 2.19. The third-order valence-electron chi connectivity index (χ3n) is 3.43. The van der Waals surface area contributed by atoms with E-state index in [1.165, 1.54) is 11.3 Å². The topological polar surface area (TPSA) is 75.4 Å². The van der Waals surface area contributed by atoms with E-state index in [0.717, 1.165) is 13.1 Å². The Morgan fingerprint density at radius 2 is 1.88 bits per heavy atom. The summed E-state index contributed by atoms with van der Waals surface area (Å²) < 4.78 is 5.70. The molecular formula is C18H24BrN3O3S. The van der Waals surface area contributed by atoms with E-state index in [4.69, 9.17) is 4.42 Å². The number of furan rings is 1. The zero-order valence-electron chi connectivity index (χ0n) is 15.4. The Kier molecular flexibility index (Phi) is 7.40. The van der Waals surface area contributed by atoms with Gasteiger partial charge in [0, 0.05) is 18.5 Å². The second-order valence-electron chi connectivity index (χ2n) is 6.97. The lowest BCUT2D eigenvalue weighted by Crippen LogP contribution is -2.38. The zero-order chi connectivity index (χ0) is 19.3. The van der Waals surface area contributed by atoms with Crippen LogP contribution in [0.4, 0.5) is 5.13 Å². The van der Waals surface area contributed by atoms with Crippen molar-refractivity contribution in [1.82, 2.24) is 9.88 Å². The molecule has 0 saturated heterocycles. The standard InChI is InChI=1S/C18H24BrN3O3S/c1-11(2)8-22(9-12(3)4)16(23)7-13-10-26-18(20-13)21-17(24)14-5-6-15(19)25-14/h5-6,10-12H,7-9H2,1-4H3,(H,20,21,24). The fourth-order valence-electron chi connectivity index (χ4n) is 2.47. The highest BCUT2D eigenvalue weighted by atomic mass is 79.9. The summed E-state index contributed by atoms with van der Waals surface area (Å²) in [4.78, 5) is 30.9. The van der Waals surface area contributed by atoms with Crippen LogP contribution in [0.25, 0.3) is 0 Å². The molecule has 0 aromatic carbocycles. The second kappa shape index (κ2) is 9.32. The molecule has 8 heteroatoms. The first-order valence-corrected chi connectivity index (χ1v) is 10.2. The van der Waals surface area contributed by atoms with E-state index in [2.05, 4.69) is 53.9 Å². The second-order valence-corrected chi connectivity index (χ2v) is 8.60. The molecule has 0 aliphatic rings. The van der Waals surface area contributed by atoms with E-state index in [9.17, 15) is 9.59 Å². The molecule has 6 nitrogen and oxygen atoms in total. The SMILES string of the molecule is CC(C)CN(CC(C)C)C(=O)Cc1csc(NC(=O)c2ccc(Br)o2)n1. The summed E-state index contributed by atoms with van der Waals surface area (Å²) in [6.07, 6.45) is 0.234. The Hall–Kier alpha value is -1.67. The van der Waals surface area contributed by atoms with Crippen LogP contribution in [-0.4, -0.2) is 34.8 Å². The summed E-state index contributed by atoms with van der Waals surface area (Å²) in [5.41, 5.74) is 0.661. The van der Waals surface area contributed by atoms with Gasteiger partial charge in [-0.1, -0.05) is 27.7 Å². The number of hydrogen-bond acceptors (Lipinski definition) is 5. The highest BCUT2D eigenvalue weighted by Crippen LogP contribution is 2.20. The molecular weight excluding hydrogens is 418 g/mol. The van der Waals surface area contributed by atoms with Gasteiger partial charge in [0.1, 0.15) is 0 Å². The minimum absolute atomic E-state index is 0.0607. The lowest BCUT2D eigenvalue weighted by atomic mass is 10.1. The number of thiazole rings is 1. The molecule has 0 fully saturated rings. The van der Waals surface area contributed by atoms with E-state index in [1.807, 2.05) is 4.90 Å². The fraction of sp³-hybridized carbons (Fsp3) is 0.500. The molecule has 0 unspecified atom stereocenters. The van der Waals surface area contributed by atoms with Crippen LogP contribution in [0.1, 0.15) is 43.9 Å². The van der Waals surface area contributed by atoms with Gasteiger partial charge in [-0.25, -0.2) is 4.98 Å². The van der Waals surface area contributed by atoms with Gasteiger partial charge in [0.05, 0.1) is 12.1 Å². The van der Waals surface area contributed by atoms with Crippen molar-refractivity contribution in [3.05, 3.63) is 33.6 Å². The zero-order valence-corrected chi connectivity index (χ0v) is 17.8. The maximum absolute atomic E-state index is 12.6. The van der Waals surface area contributed by atoms with Crippen LogP contribution in [0.5, 0.6) is 0 Å². The summed E-state index contributed by atoms with van der Waals surface area (Å²) in [6.45, 7) is 9.87. The smallest absolute Gasteiger partial charge is 0.293 e. The Balaban J connectivity index is 1.97. The Labute approximate surface area is 166 Å². The van der Waals surface area contributed by atoms with E-state index < -0.39 is 0 Å². The first-order chi connectivity index (χ1) is 12.2. The van der Waals surface area contributed by atoms with Crippen LogP contribution in [0.3, 0.4) is 0 Å². The molecule has 26 heavy (non-hydrogen) atoms. The molecule has 142 valence electrons. The number of halogens is 1. The minimum Gasteiger partial charge on any atom is -0.444 e. The monoisotopic (exact) mass is 441 g/mol. The maximum Gasteiger partial charge on any atom is 0.293 e. The lowest BCUT2D eigenvalue weighted by molar-refractivity contribution is -0.131. The summed E-state index contributed by atoms with van der Waals surface area (Å²) in [7, 11) is 0. The Bertz CT molecular complexity index is 744. The van der Waals surface area contributed by atoms with Crippen LogP contribution >= 0.6 is 27.3 Å². The van der Waals surface area contributed by atoms with Crippen molar-refractivity contribution in [3.63, 3.8) is 0 Å². The lowest BCUT2D eigenvalue weighted by Gasteiger charge is -2.26. The van der Waals surface area contributed by atoms with Gasteiger partial charge < -0.3 is 9.32 Å².